The average Bonchev–Trinajstić information content (AvgIpc) is 2.05. The summed E-state index contributed by atoms with van der Waals surface area (Å²) in [5.74, 6) is -0.216. The van der Waals surface area contributed by atoms with E-state index in [0.29, 0.717) is 26.1 Å². The summed E-state index contributed by atoms with van der Waals surface area (Å²) in [6.07, 6.45) is 1.38. The molecule has 5 heteroatoms. The molecule has 0 bridgehead atoms. The van der Waals surface area contributed by atoms with Crippen molar-refractivity contribution in [3.8, 4) is 0 Å². The minimum Gasteiger partial charge on any atom is -0.381 e. The molecule has 0 atom stereocenters. The molecule has 5 nitrogen and oxygen atoms in total. The number of rotatable bonds is 1. The maximum Gasteiger partial charge on any atom is 0.155 e. The Bertz CT molecular complexity index is 143. The van der Waals surface area contributed by atoms with Crippen LogP contribution in [0.4, 0.5) is 0 Å². The van der Waals surface area contributed by atoms with Crippen molar-refractivity contribution in [1.82, 2.24) is 5.23 Å². The van der Waals surface area contributed by atoms with Gasteiger partial charge >= 0.3 is 0 Å². The van der Waals surface area contributed by atoms with Gasteiger partial charge in [-0.1, -0.05) is 0 Å². The first-order chi connectivity index (χ1) is 5.22. The predicted molar refractivity (Wildman–Crippen MR) is 36.7 cm³/mol. The van der Waals surface area contributed by atoms with Crippen molar-refractivity contribution in [3.63, 3.8) is 0 Å². The van der Waals surface area contributed by atoms with Crippen molar-refractivity contribution >= 4 is 5.84 Å². The SMILES string of the molecule is N=C(C1CCOCC1)N(O)O. The molecule has 0 aliphatic carbocycles. The van der Waals surface area contributed by atoms with Crippen LogP contribution in [0.3, 0.4) is 0 Å². The maximum absolute atomic E-state index is 8.50. The summed E-state index contributed by atoms with van der Waals surface area (Å²) >= 11 is 0. The van der Waals surface area contributed by atoms with Gasteiger partial charge in [0.2, 0.25) is 0 Å². The van der Waals surface area contributed by atoms with E-state index in [0.717, 1.165) is 0 Å². The number of nitrogens with one attached hydrogen (secondary N) is 1. The largest absolute Gasteiger partial charge is 0.381 e. The zero-order valence-corrected chi connectivity index (χ0v) is 6.16. The summed E-state index contributed by atoms with van der Waals surface area (Å²) in [7, 11) is 0. The molecule has 0 saturated carbocycles. The Hall–Kier alpha value is -0.650. The molecule has 64 valence electrons. The third kappa shape index (κ3) is 2.14. The highest BCUT2D eigenvalue weighted by atomic mass is 16.8. The Morgan fingerprint density at radius 1 is 1.36 bits per heavy atom. The second kappa shape index (κ2) is 3.66. The number of amidine groups is 1. The van der Waals surface area contributed by atoms with Crippen LogP contribution in [-0.2, 0) is 4.74 Å². The third-order valence-corrected chi connectivity index (χ3v) is 1.82. The molecule has 0 amide bonds. The van der Waals surface area contributed by atoms with Gasteiger partial charge in [0.15, 0.2) is 5.84 Å². The highest BCUT2D eigenvalue weighted by Gasteiger charge is 2.21. The highest BCUT2D eigenvalue weighted by Crippen LogP contribution is 2.16. The summed E-state index contributed by atoms with van der Waals surface area (Å²) in [5.41, 5.74) is 0. The lowest BCUT2D eigenvalue weighted by molar-refractivity contribution is -0.249. The molecular weight excluding hydrogens is 148 g/mol. The zero-order chi connectivity index (χ0) is 8.27. The molecule has 0 radical (unpaired) electrons. The average molecular weight is 160 g/mol. The van der Waals surface area contributed by atoms with Gasteiger partial charge < -0.3 is 4.74 Å². The number of ether oxygens (including phenoxy) is 1. The van der Waals surface area contributed by atoms with E-state index < -0.39 is 0 Å². The highest BCUT2D eigenvalue weighted by molar-refractivity contribution is 5.79. The number of hydrogen-bond donors (Lipinski definition) is 3. The van der Waals surface area contributed by atoms with E-state index in [1.807, 2.05) is 0 Å². The Morgan fingerprint density at radius 3 is 2.36 bits per heavy atom. The molecule has 0 unspecified atom stereocenters. The lowest BCUT2D eigenvalue weighted by Gasteiger charge is -2.23. The van der Waals surface area contributed by atoms with Crippen LogP contribution in [-0.4, -0.2) is 34.7 Å². The second-order valence-electron chi connectivity index (χ2n) is 2.56. The van der Waals surface area contributed by atoms with Gasteiger partial charge in [-0.05, 0) is 12.8 Å². The van der Waals surface area contributed by atoms with Crippen LogP contribution in [0.5, 0.6) is 0 Å². The molecule has 0 aromatic carbocycles. The molecule has 1 heterocycles. The lowest BCUT2D eigenvalue weighted by atomic mass is 9.99. The Balaban J connectivity index is 2.39. The van der Waals surface area contributed by atoms with Crippen molar-refractivity contribution < 1.29 is 15.2 Å². The molecule has 0 aromatic heterocycles. The minimum absolute atomic E-state index is 0.0706. The Morgan fingerprint density at radius 2 is 1.91 bits per heavy atom. The summed E-state index contributed by atoms with van der Waals surface area (Å²) in [4.78, 5) is 0. The predicted octanol–water partition coefficient (Wildman–Crippen LogP) is 0.471. The van der Waals surface area contributed by atoms with E-state index in [9.17, 15) is 0 Å². The van der Waals surface area contributed by atoms with Gasteiger partial charge in [0.25, 0.3) is 0 Å². The van der Waals surface area contributed by atoms with Crippen molar-refractivity contribution in [3.05, 3.63) is 0 Å². The monoisotopic (exact) mass is 160 g/mol. The van der Waals surface area contributed by atoms with Gasteiger partial charge in [0.05, 0.1) is 0 Å². The molecule has 1 saturated heterocycles. The van der Waals surface area contributed by atoms with E-state index in [1.54, 1.807) is 0 Å². The van der Waals surface area contributed by atoms with Crippen LogP contribution in [0.2, 0.25) is 0 Å². The van der Waals surface area contributed by atoms with Crippen LogP contribution in [0, 0.1) is 11.3 Å². The molecule has 1 rings (SSSR count). The minimum atomic E-state index is -0.145. The van der Waals surface area contributed by atoms with Crippen molar-refractivity contribution in [2.45, 2.75) is 12.8 Å². The quantitative estimate of drug-likeness (QED) is 0.296. The zero-order valence-electron chi connectivity index (χ0n) is 6.16. The topological polar surface area (TPSA) is 76.8 Å². The number of hydroxylamine groups is 2. The standard InChI is InChI=1S/C6H12N2O3/c7-6(8(9)10)5-1-3-11-4-2-5/h5,7,9-10H,1-4H2. The van der Waals surface area contributed by atoms with Crippen molar-refractivity contribution in [2.75, 3.05) is 13.2 Å². The van der Waals surface area contributed by atoms with E-state index in [1.165, 1.54) is 0 Å². The van der Waals surface area contributed by atoms with E-state index in [4.69, 9.17) is 20.6 Å². The van der Waals surface area contributed by atoms with Gasteiger partial charge in [0.1, 0.15) is 0 Å². The van der Waals surface area contributed by atoms with Crippen LogP contribution in [0.25, 0.3) is 0 Å². The summed E-state index contributed by atoms with van der Waals surface area (Å²) < 4.78 is 5.05. The van der Waals surface area contributed by atoms with Gasteiger partial charge in [-0.15, -0.1) is 5.23 Å². The van der Waals surface area contributed by atoms with Gasteiger partial charge in [0, 0.05) is 19.1 Å². The van der Waals surface area contributed by atoms with E-state index >= 15 is 0 Å². The second-order valence-corrected chi connectivity index (χ2v) is 2.56. The van der Waals surface area contributed by atoms with Crippen molar-refractivity contribution in [2.24, 2.45) is 5.92 Å². The molecule has 1 aliphatic heterocycles. The smallest absolute Gasteiger partial charge is 0.155 e. The molecule has 0 aromatic rings. The van der Waals surface area contributed by atoms with Crippen LogP contribution < -0.4 is 0 Å². The normalized spacial score (nSPS) is 19.8. The molecule has 1 aliphatic rings. The first kappa shape index (κ1) is 8.45. The van der Waals surface area contributed by atoms with Gasteiger partial charge in [-0.2, -0.15) is 0 Å². The van der Waals surface area contributed by atoms with Gasteiger partial charge in [-0.3, -0.25) is 15.8 Å². The summed E-state index contributed by atoms with van der Waals surface area (Å²) in [6.45, 7) is 1.20. The molecule has 11 heavy (non-hydrogen) atoms. The first-order valence-electron chi connectivity index (χ1n) is 3.56. The molecule has 1 fully saturated rings. The molecule has 3 N–H and O–H groups in total. The maximum atomic E-state index is 8.50. The van der Waals surface area contributed by atoms with Crippen molar-refractivity contribution in [1.29, 1.82) is 5.41 Å². The Kier molecular flexibility index (Phi) is 2.81. The lowest BCUT2D eigenvalue weighted by Crippen LogP contribution is -2.33. The fourth-order valence-corrected chi connectivity index (χ4v) is 1.13. The fourth-order valence-electron chi connectivity index (χ4n) is 1.13. The van der Waals surface area contributed by atoms with E-state index in [-0.39, 0.29) is 17.0 Å². The third-order valence-electron chi connectivity index (χ3n) is 1.82. The van der Waals surface area contributed by atoms with Crippen LogP contribution in [0.1, 0.15) is 12.8 Å². The van der Waals surface area contributed by atoms with Crippen LogP contribution >= 0.6 is 0 Å². The number of hydrogen-bond acceptors (Lipinski definition) is 4. The first-order valence-corrected chi connectivity index (χ1v) is 3.56. The Labute approximate surface area is 64.6 Å². The van der Waals surface area contributed by atoms with Crippen LogP contribution in [0.15, 0.2) is 0 Å². The fraction of sp³-hybridized carbons (Fsp3) is 0.833. The molecule has 0 spiro atoms. The van der Waals surface area contributed by atoms with Gasteiger partial charge in [-0.25, -0.2) is 0 Å². The number of nitrogens with zero attached hydrogens (tertiary/aromatic N) is 1. The summed E-state index contributed by atoms with van der Waals surface area (Å²) in [5, 5.41) is 24.1. The molecular formula is C6H12N2O3. The van der Waals surface area contributed by atoms with E-state index in [2.05, 4.69) is 0 Å². The summed E-state index contributed by atoms with van der Waals surface area (Å²) in [6, 6.07) is 0.